The van der Waals surface area contributed by atoms with Crippen LogP contribution in [0.15, 0.2) is 12.7 Å². The van der Waals surface area contributed by atoms with Crippen LogP contribution in [0.4, 0.5) is 5.82 Å². The van der Waals surface area contributed by atoms with Crippen molar-refractivity contribution in [2.75, 3.05) is 12.3 Å². The molecule has 0 radical (unpaired) electrons. The first kappa shape index (κ1) is 17.0. The molecule has 0 bridgehead atoms. The molecule has 2 aromatic heterocycles. The van der Waals surface area contributed by atoms with E-state index in [2.05, 4.69) is 19.3 Å². The van der Waals surface area contributed by atoms with Crippen molar-refractivity contribution in [3.63, 3.8) is 0 Å². The first-order chi connectivity index (χ1) is 11.7. The van der Waals surface area contributed by atoms with Gasteiger partial charge in [0.05, 0.1) is 12.9 Å². The van der Waals surface area contributed by atoms with Crippen molar-refractivity contribution in [1.82, 2.24) is 19.5 Å². The minimum Gasteiger partial charge on any atom is -0.382 e. The van der Waals surface area contributed by atoms with Gasteiger partial charge >= 0.3 is 15.6 Å². The quantitative estimate of drug-likeness (QED) is 0.609. The summed E-state index contributed by atoms with van der Waals surface area (Å²) in [5.74, 6) is 0.221. The predicted molar refractivity (Wildman–Crippen MR) is 79.8 cm³/mol. The molecule has 4 heterocycles. The molecule has 2 aliphatic rings. The number of aromatic nitrogens is 4. The smallest absolute Gasteiger partial charge is 0.382 e. The van der Waals surface area contributed by atoms with Crippen LogP contribution in [-0.4, -0.2) is 48.1 Å². The summed E-state index contributed by atoms with van der Waals surface area (Å²) < 4.78 is 44.6. The van der Waals surface area contributed by atoms with Crippen molar-refractivity contribution >= 4 is 32.6 Å². The highest BCUT2D eigenvalue weighted by molar-refractivity contribution is 7.61. The number of hydrogen-bond acceptors (Lipinski definition) is 10. The largest absolute Gasteiger partial charge is 0.484 e. The lowest BCUT2D eigenvalue weighted by molar-refractivity contribution is -0.0658. The lowest BCUT2D eigenvalue weighted by Crippen LogP contribution is -2.33. The average Bonchev–Trinajstić information content (AvgIpc) is 3.08. The van der Waals surface area contributed by atoms with Gasteiger partial charge in [0, 0.05) is 6.42 Å². The third-order valence-electron chi connectivity index (χ3n) is 3.75. The summed E-state index contributed by atoms with van der Waals surface area (Å²) in [5.41, 5.74) is 6.60. The first-order valence-corrected chi connectivity index (χ1v) is 10.0. The summed E-state index contributed by atoms with van der Waals surface area (Å²) in [6, 6.07) is 0. The molecule has 13 nitrogen and oxygen atoms in total. The number of ether oxygens (including phenoxy) is 1. The van der Waals surface area contributed by atoms with Crippen molar-refractivity contribution in [1.29, 1.82) is 0 Å². The number of nitrogens with two attached hydrogens (primary N) is 1. The van der Waals surface area contributed by atoms with Gasteiger partial charge in [-0.1, -0.05) is 0 Å². The molecule has 2 aliphatic heterocycles. The number of anilines is 1. The van der Waals surface area contributed by atoms with Crippen LogP contribution in [0.25, 0.3) is 11.2 Å². The molecule has 25 heavy (non-hydrogen) atoms. The highest BCUT2D eigenvalue weighted by atomic mass is 31.3. The second-order valence-electron chi connectivity index (χ2n) is 5.41. The molecule has 0 spiro atoms. The van der Waals surface area contributed by atoms with Crippen LogP contribution in [0, 0.1) is 0 Å². The zero-order valence-corrected chi connectivity index (χ0v) is 14.2. The van der Waals surface area contributed by atoms with Gasteiger partial charge < -0.3 is 20.3 Å². The van der Waals surface area contributed by atoms with Gasteiger partial charge in [0.1, 0.15) is 30.3 Å². The Kier molecular flexibility index (Phi) is 3.94. The maximum absolute atomic E-state index is 12.2. The van der Waals surface area contributed by atoms with Crippen LogP contribution in [0.1, 0.15) is 12.6 Å². The van der Waals surface area contributed by atoms with Gasteiger partial charge in [-0.25, -0.2) is 24.1 Å². The fraction of sp³-hybridized carbons (Fsp3) is 0.500. The lowest BCUT2D eigenvalue weighted by atomic mass is 10.2. The number of hydrogen-bond donors (Lipinski definition) is 3. The predicted octanol–water partition coefficient (Wildman–Crippen LogP) is 0.329. The molecule has 2 fully saturated rings. The summed E-state index contributed by atoms with van der Waals surface area (Å²) in [5, 5.41) is 0. The minimum atomic E-state index is -5.04. The Hall–Kier alpha value is -1.43. The Morgan fingerprint density at radius 2 is 2.16 bits per heavy atom. The zero-order chi connectivity index (χ0) is 17.8. The molecule has 4 N–H and O–H groups in total. The zero-order valence-electron chi connectivity index (χ0n) is 12.4. The second kappa shape index (κ2) is 5.79. The maximum atomic E-state index is 12.2. The Morgan fingerprint density at radius 1 is 1.36 bits per heavy atom. The van der Waals surface area contributed by atoms with Crippen LogP contribution < -0.4 is 5.73 Å². The van der Waals surface area contributed by atoms with E-state index < -0.39 is 34.1 Å². The number of imidazole rings is 1. The molecule has 1 unspecified atom stereocenters. The molecule has 2 saturated heterocycles. The molecule has 136 valence electrons. The maximum Gasteiger partial charge on any atom is 0.484 e. The summed E-state index contributed by atoms with van der Waals surface area (Å²) in [4.78, 5) is 29.7. The monoisotopic (exact) mass is 393 g/mol. The van der Waals surface area contributed by atoms with E-state index in [1.807, 2.05) is 0 Å². The van der Waals surface area contributed by atoms with E-state index in [-0.39, 0.29) is 18.8 Å². The van der Waals surface area contributed by atoms with Gasteiger partial charge in [-0.3, -0.25) is 13.6 Å². The van der Waals surface area contributed by atoms with Crippen molar-refractivity contribution in [3.8, 4) is 0 Å². The second-order valence-corrected chi connectivity index (χ2v) is 8.40. The van der Waals surface area contributed by atoms with Crippen LogP contribution in [0.3, 0.4) is 0 Å². The van der Waals surface area contributed by atoms with Crippen LogP contribution in [0.2, 0.25) is 0 Å². The number of nitrogens with zero attached hydrogens (tertiary/aromatic N) is 4. The van der Waals surface area contributed by atoms with Crippen LogP contribution >= 0.6 is 15.6 Å². The summed E-state index contributed by atoms with van der Waals surface area (Å²) >= 11 is 0. The summed E-state index contributed by atoms with van der Waals surface area (Å²) in [6.07, 6.45) is 1.08. The van der Waals surface area contributed by atoms with Gasteiger partial charge in [-0.05, 0) is 0 Å². The number of phosphoric acid groups is 2. The van der Waals surface area contributed by atoms with Gasteiger partial charge in [0.25, 0.3) is 0 Å². The number of fused-ring (bicyclic) bond motifs is 2. The Balaban J connectivity index is 1.56. The molecule has 0 saturated carbocycles. The van der Waals surface area contributed by atoms with E-state index in [9.17, 15) is 9.13 Å². The third-order valence-corrected chi connectivity index (χ3v) is 6.39. The van der Waals surface area contributed by atoms with E-state index in [4.69, 9.17) is 29.3 Å². The normalized spacial score (nSPS) is 32.8. The minimum absolute atomic E-state index is 0.206. The van der Waals surface area contributed by atoms with Crippen LogP contribution in [-0.2, 0) is 27.2 Å². The molecule has 0 amide bonds. The Morgan fingerprint density at radius 3 is 2.92 bits per heavy atom. The van der Waals surface area contributed by atoms with Crippen molar-refractivity contribution in [2.45, 2.75) is 24.9 Å². The lowest BCUT2D eigenvalue weighted by Gasteiger charge is -2.29. The van der Waals surface area contributed by atoms with E-state index in [0.717, 1.165) is 0 Å². The molecule has 0 aromatic carbocycles. The van der Waals surface area contributed by atoms with E-state index in [0.29, 0.717) is 11.2 Å². The first-order valence-electron chi connectivity index (χ1n) is 7.02. The van der Waals surface area contributed by atoms with E-state index in [1.54, 1.807) is 4.57 Å². The average molecular weight is 393 g/mol. The third kappa shape index (κ3) is 3.21. The van der Waals surface area contributed by atoms with Crippen molar-refractivity contribution in [2.24, 2.45) is 0 Å². The van der Waals surface area contributed by atoms with Crippen molar-refractivity contribution < 1.29 is 37.0 Å². The fourth-order valence-corrected chi connectivity index (χ4v) is 5.08. The number of phosphoric ester groups is 1. The molecule has 2 aromatic rings. The Labute approximate surface area is 139 Å². The standard InChI is InChI=1S/C10H13N5O8P2/c11-9-8-10(13-3-12-9)15(4-14-8)7-1-5-6(21-7)2-20-25(19,22-5)23-24(16,17)18/h3-7H,1-2H2,(H2,11,12,13)(H2,16,17,18)/t5-,6+,7+,25?/m0/s1. The van der Waals surface area contributed by atoms with E-state index in [1.165, 1.54) is 12.7 Å². The molecule has 15 heteroatoms. The van der Waals surface area contributed by atoms with Gasteiger partial charge in [-0.2, -0.15) is 4.31 Å². The molecule has 4 atom stereocenters. The van der Waals surface area contributed by atoms with Gasteiger partial charge in [-0.15, -0.1) is 0 Å². The van der Waals surface area contributed by atoms with Gasteiger partial charge in [0.15, 0.2) is 11.5 Å². The Bertz CT molecular complexity index is 914. The number of nitrogen functional groups attached to an aromatic ring is 1. The van der Waals surface area contributed by atoms with Crippen molar-refractivity contribution in [3.05, 3.63) is 12.7 Å². The summed E-state index contributed by atoms with van der Waals surface area (Å²) in [7, 11) is -9.42. The highest BCUT2D eigenvalue weighted by Crippen LogP contribution is 2.64. The summed E-state index contributed by atoms with van der Waals surface area (Å²) in [6.45, 7) is -0.206. The SMILES string of the molecule is Nc1ncnc2c1ncn2[C@H]1C[C@@H]2OP(=O)(OP(=O)(O)O)OC[C@H]2O1. The molecule has 0 aliphatic carbocycles. The topological polar surface area (TPSA) is 181 Å². The highest BCUT2D eigenvalue weighted by Gasteiger charge is 2.50. The van der Waals surface area contributed by atoms with Crippen LogP contribution in [0.5, 0.6) is 0 Å². The number of rotatable bonds is 3. The van der Waals surface area contributed by atoms with E-state index >= 15 is 0 Å². The molecular formula is C10H13N5O8P2. The van der Waals surface area contributed by atoms with Gasteiger partial charge in [0.2, 0.25) is 0 Å². The molecule has 4 rings (SSSR count). The fourth-order valence-electron chi connectivity index (χ4n) is 2.75. The molecular weight excluding hydrogens is 380 g/mol.